The van der Waals surface area contributed by atoms with Gasteiger partial charge in [-0.15, -0.1) is 0 Å². The van der Waals surface area contributed by atoms with E-state index in [1.807, 2.05) is 0 Å². The zero-order valence-corrected chi connectivity index (χ0v) is 9.32. The SMILES string of the molecule is CC1CCN1c1cccc(CCCO)c1. The zero-order chi connectivity index (χ0) is 10.7. The van der Waals surface area contributed by atoms with Crippen LogP contribution in [0.2, 0.25) is 0 Å². The van der Waals surface area contributed by atoms with Gasteiger partial charge in [0.25, 0.3) is 0 Å². The van der Waals surface area contributed by atoms with Gasteiger partial charge in [-0.2, -0.15) is 0 Å². The Hall–Kier alpha value is -1.02. The minimum Gasteiger partial charge on any atom is -0.396 e. The normalized spacial score (nSPS) is 20.1. The summed E-state index contributed by atoms with van der Waals surface area (Å²) in [5.74, 6) is 0. The first-order valence-corrected chi connectivity index (χ1v) is 5.77. The largest absolute Gasteiger partial charge is 0.396 e. The van der Waals surface area contributed by atoms with Crippen LogP contribution in [0.3, 0.4) is 0 Å². The third-order valence-electron chi connectivity index (χ3n) is 3.19. The maximum absolute atomic E-state index is 8.80. The number of aliphatic hydroxyl groups is 1. The monoisotopic (exact) mass is 205 g/mol. The molecule has 2 heteroatoms. The number of benzene rings is 1. The molecule has 0 spiro atoms. The Kier molecular flexibility index (Phi) is 3.27. The van der Waals surface area contributed by atoms with E-state index in [1.54, 1.807) is 0 Å². The Balaban J connectivity index is 2.05. The summed E-state index contributed by atoms with van der Waals surface area (Å²) in [5.41, 5.74) is 2.67. The molecule has 1 aromatic rings. The van der Waals surface area contributed by atoms with Crippen molar-refractivity contribution in [3.63, 3.8) is 0 Å². The van der Waals surface area contributed by atoms with E-state index in [4.69, 9.17) is 5.11 Å². The average molecular weight is 205 g/mol. The number of anilines is 1. The lowest BCUT2D eigenvalue weighted by Crippen LogP contribution is -2.45. The third kappa shape index (κ3) is 2.32. The van der Waals surface area contributed by atoms with Crippen molar-refractivity contribution in [2.24, 2.45) is 0 Å². The lowest BCUT2D eigenvalue weighted by molar-refractivity contribution is 0.288. The minimum atomic E-state index is 0.282. The zero-order valence-electron chi connectivity index (χ0n) is 9.32. The van der Waals surface area contributed by atoms with Crippen molar-refractivity contribution >= 4 is 5.69 Å². The first-order chi connectivity index (χ1) is 7.31. The van der Waals surface area contributed by atoms with Gasteiger partial charge < -0.3 is 10.0 Å². The van der Waals surface area contributed by atoms with Crippen molar-refractivity contribution in [1.29, 1.82) is 0 Å². The molecule has 1 aliphatic heterocycles. The summed E-state index contributed by atoms with van der Waals surface area (Å²) in [7, 11) is 0. The molecule has 2 nitrogen and oxygen atoms in total. The molecule has 15 heavy (non-hydrogen) atoms. The van der Waals surface area contributed by atoms with Gasteiger partial charge in [0.2, 0.25) is 0 Å². The molecule has 1 atom stereocenters. The van der Waals surface area contributed by atoms with Crippen molar-refractivity contribution in [3.8, 4) is 0 Å². The summed E-state index contributed by atoms with van der Waals surface area (Å²) in [6.45, 7) is 3.73. The van der Waals surface area contributed by atoms with E-state index in [2.05, 4.69) is 36.1 Å². The second kappa shape index (κ2) is 4.67. The predicted molar refractivity (Wildman–Crippen MR) is 63.3 cm³/mol. The maximum atomic E-state index is 8.80. The van der Waals surface area contributed by atoms with Crippen LogP contribution in [0.15, 0.2) is 24.3 Å². The summed E-state index contributed by atoms with van der Waals surface area (Å²) in [6, 6.07) is 9.39. The third-order valence-corrected chi connectivity index (χ3v) is 3.19. The molecule has 1 aromatic carbocycles. The highest BCUT2D eigenvalue weighted by Gasteiger charge is 2.23. The van der Waals surface area contributed by atoms with Gasteiger partial charge in [0.05, 0.1) is 0 Å². The molecule has 0 radical (unpaired) electrons. The minimum absolute atomic E-state index is 0.282. The highest BCUT2D eigenvalue weighted by molar-refractivity contribution is 5.51. The molecule has 1 aliphatic rings. The molecular weight excluding hydrogens is 186 g/mol. The lowest BCUT2D eigenvalue weighted by atomic mass is 10.0. The van der Waals surface area contributed by atoms with Gasteiger partial charge in [0, 0.05) is 24.9 Å². The van der Waals surface area contributed by atoms with Crippen LogP contribution in [0.25, 0.3) is 0 Å². The molecule has 82 valence electrons. The molecule has 0 saturated carbocycles. The van der Waals surface area contributed by atoms with Crippen LogP contribution in [0.5, 0.6) is 0 Å². The fourth-order valence-electron chi connectivity index (χ4n) is 2.07. The molecule has 2 rings (SSSR count). The van der Waals surface area contributed by atoms with E-state index >= 15 is 0 Å². The summed E-state index contributed by atoms with van der Waals surface area (Å²) in [5, 5.41) is 8.80. The number of aliphatic hydroxyl groups excluding tert-OH is 1. The van der Waals surface area contributed by atoms with Gasteiger partial charge in [0.1, 0.15) is 0 Å². The van der Waals surface area contributed by atoms with Crippen LogP contribution in [0.1, 0.15) is 25.3 Å². The Morgan fingerprint density at radius 3 is 2.93 bits per heavy atom. The molecule has 1 heterocycles. The van der Waals surface area contributed by atoms with Crippen molar-refractivity contribution in [3.05, 3.63) is 29.8 Å². The molecule has 1 saturated heterocycles. The predicted octanol–water partition coefficient (Wildman–Crippen LogP) is 2.21. The molecule has 0 bridgehead atoms. The first-order valence-electron chi connectivity index (χ1n) is 5.77. The van der Waals surface area contributed by atoms with Crippen molar-refractivity contribution in [1.82, 2.24) is 0 Å². The highest BCUT2D eigenvalue weighted by Crippen LogP contribution is 2.26. The molecule has 1 fully saturated rings. The molecular formula is C13H19NO. The first kappa shape index (κ1) is 10.5. The molecule has 0 aliphatic carbocycles. The van der Waals surface area contributed by atoms with Crippen LogP contribution in [0.4, 0.5) is 5.69 Å². The Bertz CT molecular complexity index is 324. The summed E-state index contributed by atoms with van der Waals surface area (Å²) >= 11 is 0. The van der Waals surface area contributed by atoms with E-state index in [1.165, 1.54) is 24.2 Å². The van der Waals surface area contributed by atoms with Crippen LogP contribution < -0.4 is 4.90 Å². The Morgan fingerprint density at radius 1 is 1.47 bits per heavy atom. The maximum Gasteiger partial charge on any atom is 0.0434 e. The second-order valence-electron chi connectivity index (χ2n) is 4.33. The summed E-state index contributed by atoms with van der Waals surface area (Å²) in [4.78, 5) is 2.43. The average Bonchev–Trinajstić information content (AvgIpc) is 2.25. The van der Waals surface area contributed by atoms with Crippen molar-refractivity contribution < 1.29 is 5.11 Å². The van der Waals surface area contributed by atoms with Crippen LogP contribution >= 0.6 is 0 Å². The smallest absolute Gasteiger partial charge is 0.0434 e. The van der Waals surface area contributed by atoms with Crippen LogP contribution in [0, 0.1) is 0 Å². The lowest BCUT2D eigenvalue weighted by Gasteiger charge is -2.41. The number of aryl methyl sites for hydroxylation is 1. The quantitative estimate of drug-likeness (QED) is 0.814. The summed E-state index contributed by atoms with van der Waals surface area (Å²) in [6.07, 6.45) is 3.15. The number of rotatable bonds is 4. The number of nitrogens with zero attached hydrogens (tertiary/aromatic N) is 1. The number of hydrogen-bond acceptors (Lipinski definition) is 2. The van der Waals surface area contributed by atoms with Crippen LogP contribution in [-0.2, 0) is 6.42 Å². The van der Waals surface area contributed by atoms with Gasteiger partial charge in [-0.25, -0.2) is 0 Å². The Morgan fingerprint density at radius 2 is 2.33 bits per heavy atom. The fraction of sp³-hybridized carbons (Fsp3) is 0.538. The topological polar surface area (TPSA) is 23.5 Å². The van der Waals surface area contributed by atoms with E-state index in [-0.39, 0.29) is 6.61 Å². The summed E-state index contributed by atoms with van der Waals surface area (Å²) < 4.78 is 0. The van der Waals surface area contributed by atoms with E-state index < -0.39 is 0 Å². The second-order valence-corrected chi connectivity index (χ2v) is 4.33. The molecule has 0 aromatic heterocycles. The van der Waals surface area contributed by atoms with Gasteiger partial charge in [-0.3, -0.25) is 0 Å². The molecule has 1 N–H and O–H groups in total. The van der Waals surface area contributed by atoms with Gasteiger partial charge in [0.15, 0.2) is 0 Å². The number of hydrogen-bond donors (Lipinski definition) is 1. The fourth-order valence-corrected chi connectivity index (χ4v) is 2.07. The Labute approximate surface area is 91.5 Å². The van der Waals surface area contributed by atoms with Gasteiger partial charge >= 0.3 is 0 Å². The molecule has 1 unspecified atom stereocenters. The standard InChI is InChI=1S/C13H19NO/c1-11-7-8-14(11)13-6-2-4-12(10-13)5-3-9-15/h2,4,6,10-11,15H,3,5,7-9H2,1H3. The van der Waals surface area contributed by atoms with E-state index in [0.29, 0.717) is 6.04 Å². The van der Waals surface area contributed by atoms with E-state index in [0.717, 1.165) is 12.8 Å². The van der Waals surface area contributed by atoms with E-state index in [9.17, 15) is 0 Å². The van der Waals surface area contributed by atoms with Gasteiger partial charge in [-0.1, -0.05) is 12.1 Å². The highest BCUT2D eigenvalue weighted by atomic mass is 16.2. The van der Waals surface area contributed by atoms with Crippen LogP contribution in [-0.4, -0.2) is 24.3 Å². The molecule has 0 amide bonds. The van der Waals surface area contributed by atoms with Crippen molar-refractivity contribution in [2.45, 2.75) is 32.2 Å². The van der Waals surface area contributed by atoms with Crippen molar-refractivity contribution in [2.75, 3.05) is 18.1 Å². The van der Waals surface area contributed by atoms with Gasteiger partial charge in [-0.05, 0) is 43.9 Å².